The van der Waals surface area contributed by atoms with Crippen molar-refractivity contribution in [3.8, 4) is 0 Å². The van der Waals surface area contributed by atoms with E-state index < -0.39 is 0 Å². The van der Waals surface area contributed by atoms with Gasteiger partial charge >= 0.3 is 0 Å². The molecule has 2 aliphatic carbocycles. The fraction of sp³-hybridized carbons (Fsp3) is 0.455. The van der Waals surface area contributed by atoms with Crippen molar-refractivity contribution in [1.29, 1.82) is 0 Å². The monoisotopic (exact) mass is 146 g/mol. The van der Waals surface area contributed by atoms with E-state index in [1.165, 1.54) is 12.8 Å². The molecule has 0 heteroatoms. The summed E-state index contributed by atoms with van der Waals surface area (Å²) < 4.78 is 0. The van der Waals surface area contributed by atoms with Crippen LogP contribution in [0.25, 0.3) is 0 Å². The van der Waals surface area contributed by atoms with Crippen LogP contribution in [0.2, 0.25) is 0 Å². The topological polar surface area (TPSA) is 0 Å². The number of fused-ring (bicyclic) bond motifs is 1. The Morgan fingerprint density at radius 1 is 1.36 bits per heavy atom. The molecular formula is C11H14. The molecule has 2 atom stereocenters. The lowest BCUT2D eigenvalue weighted by Gasteiger charge is -2.18. The molecule has 11 heavy (non-hydrogen) atoms. The molecule has 0 nitrogen and oxygen atoms in total. The Labute approximate surface area is 68.3 Å². The van der Waals surface area contributed by atoms with Gasteiger partial charge in [-0.15, -0.1) is 0 Å². The summed E-state index contributed by atoms with van der Waals surface area (Å²) in [6, 6.07) is 0. The summed E-state index contributed by atoms with van der Waals surface area (Å²) in [5.41, 5.74) is 1.63. The summed E-state index contributed by atoms with van der Waals surface area (Å²) >= 11 is 0. The molecule has 0 spiro atoms. The fourth-order valence-electron chi connectivity index (χ4n) is 2.08. The fourth-order valence-corrected chi connectivity index (χ4v) is 2.08. The quantitative estimate of drug-likeness (QED) is 0.499. The van der Waals surface area contributed by atoms with E-state index in [-0.39, 0.29) is 0 Å². The maximum Gasteiger partial charge on any atom is 0.00457 e. The Hall–Kier alpha value is -0.780. The lowest BCUT2D eigenvalue weighted by Crippen LogP contribution is -2.07. The Morgan fingerprint density at radius 3 is 3.00 bits per heavy atom. The minimum Gasteiger partial charge on any atom is -0.0841 e. The number of allylic oxidation sites excluding steroid dienone is 6. The van der Waals surface area contributed by atoms with Crippen LogP contribution >= 0.6 is 0 Å². The highest BCUT2D eigenvalue weighted by Crippen LogP contribution is 2.37. The van der Waals surface area contributed by atoms with Gasteiger partial charge in [0, 0.05) is 5.92 Å². The lowest BCUT2D eigenvalue weighted by molar-refractivity contribution is 0.569. The Kier molecular flexibility index (Phi) is 1.69. The molecule has 2 unspecified atom stereocenters. The summed E-state index contributed by atoms with van der Waals surface area (Å²) in [4.78, 5) is 0. The van der Waals surface area contributed by atoms with Crippen molar-refractivity contribution in [2.24, 2.45) is 11.8 Å². The van der Waals surface area contributed by atoms with Gasteiger partial charge in [-0.25, -0.2) is 0 Å². The first-order valence-corrected chi connectivity index (χ1v) is 4.45. The van der Waals surface area contributed by atoms with Crippen LogP contribution < -0.4 is 0 Å². The Morgan fingerprint density at radius 2 is 2.18 bits per heavy atom. The van der Waals surface area contributed by atoms with Crippen LogP contribution in [0.4, 0.5) is 0 Å². The second-order valence-electron chi connectivity index (χ2n) is 3.33. The summed E-state index contributed by atoms with van der Waals surface area (Å²) in [7, 11) is 0. The molecule has 2 aliphatic rings. The van der Waals surface area contributed by atoms with E-state index in [4.69, 9.17) is 0 Å². The minimum absolute atomic E-state index is 0.741. The van der Waals surface area contributed by atoms with Gasteiger partial charge in [-0.2, -0.15) is 0 Å². The van der Waals surface area contributed by atoms with Gasteiger partial charge in [0.1, 0.15) is 0 Å². The zero-order valence-electron chi connectivity index (χ0n) is 6.96. The second-order valence-corrected chi connectivity index (χ2v) is 3.33. The summed E-state index contributed by atoms with van der Waals surface area (Å²) in [5.74, 6) is 1.53. The molecule has 0 aromatic heterocycles. The van der Waals surface area contributed by atoms with E-state index in [0.717, 1.165) is 11.8 Å². The maximum absolute atomic E-state index is 2.41. The van der Waals surface area contributed by atoms with E-state index >= 15 is 0 Å². The van der Waals surface area contributed by atoms with Gasteiger partial charge in [0.05, 0.1) is 0 Å². The molecule has 0 N–H and O–H groups in total. The molecule has 58 valence electrons. The molecule has 0 aromatic carbocycles. The normalized spacial score (nSPS) is 33.7. The van der Waals surface area contributed by atoms with Gasteiger partial charge < -0.3 is 0 Å². The van der Waals surface area contributed by atoms with E-state index in [1.54, 1.807) is 5.57 Å². The third-order valence-electron chi connectivity index (χ3n) is 2.74. The van der Waals surface area contributed by atoms with Crippen molar-refractivity contribution >= 4 is 0 Å². The van der Waals surface area contributed by atoms with Crippen molar-refractivity contribution in [2.45, 2.75) is 19.8 Å². The van der Waals surface area contributed by atoms with Crippen molar-refractivity contribution < 1.29 is 0 Å². The first-order chi connectivity index (χ1) is 5.42. The first-order valence-electron chi connectivity index (χ1n) is 4.45. The zero-order valence-corrected chi connectivity index (χ0v) is 6.96. The maximum atomic E-state index is 2.41. The zero-order chi connectivity index (χ0) is 7.68. The van der Waals surface area contributed by atoms with Crippen LogP contribution in [-0.2, 0) is 0 Å². The third kappa shape index (κ3) is 1.07. The predicted octanol–water partition coefficient (Wildman–Crippen LogP) is 3.08. The highest BCUT2D eigenvalue weighted by Gasteiger charge is 2.25. The number of hydrogen-bond donors (Lipinski definition) is 0. The van der Waals surface area contributed by atoms with E-state index in [1.807, 2.05) is 0 Å². The van der Waals surface area contributed by atoms with Crippen LogP contribution in [0.5, 0.6) is 0 Å². The molecule has 0 bridgehead atoms. The van der Waals surface area contributed by atoms with Crippen LogP contribution in [0.3, 0.4) is 0 Å². The van der Waals surface area contributed by atoms with Gasteiger partial charge in [-0.1, -0.05) is 42.9 Å². The molecule has 0 radical (unpaired) electrons. The van der Waals surface area contributed by atoms with Crippen molar-refractivity contribution in [2.75, 3.05) is 0 Å². The SMILES string of the molecule is CCC1=CCC2C=CC=CC12. The van der Waals surface area contributed by atoms with Crippen LogP contribution in [0.15, 0.2) is 36.0 Å². The van der Waals surface area contributed by atoms with Crippen molar-refractivity contribution in [3.05, 3.63) is 36.0 Å². The second kappa shape index (κ2) is 2.69. The van der Waals surface area contributed by atoms with Crippen molar-refractivity contribution in [3.63, 3.8) is 0 Å². The average Bonchev–Trinajstić information content (AvgIpc) is 2.47. The smallest absolute Gasteiger partial charge is 0.00457 e. The molecule has 0 fully saturated rings. The molecule has 0 amide bonds. The number of hydrogen-bond acceptors (Lipinski definition) is 0. The molecule has 0 saturated heterocycles. The first kappa shape index (κ1) is 6.90. The van der Waals surface area contributed by atoms with Crippen LogP contribution in [-0.4, -0.2) is 0 Å². The predicted molar refractivity (Wildman–Crippen MR) is 48.3 cm³/mol. The molecule has 0 saturated carbocycles. The van der Waals surface area contributed by atoms with E-state index in [2.05, 4.69) is 37.3 Å². The summed E-state index contributed by atoms with van der Waals surface area (Å²) in [6.45, 7) is 2.25. The molecule has 0 heterocycles. The summed E-state index contributed by atoms with van der Waals surface area (Å²) in [5, 5.41) is 0. The van der Waals surface area contributed by atoms with Gasteiger partial charge in [0.2, 0.25) is 0 Å². The minimum atomic E-state index is 0.741. The van der Waals surface area contributed by atoms with E-state index in [0.29, 0.717) is 0 Å². The van der Waals surface area contributed by atoms with Gasteiger partial charge in [-0.3, -0.25) is 0 Å². The highest BCUT2D eigenvalue weighted by atomic mass is 14.3. The van der Waals surface area contributed by atoms with Gasteiger partial charge in [0.25, 0.3) is 0 Å². The highest BCUT2D eigenvalue weighted by molar-refractivity contribution is 5.29. The van der Waals surface area contributed by atoms with Gasteiger partial charge in [0.15, 0.2) is 0 Å². The Balaban J connectivity index is 2.20. The largest absolute Gasteiger partial charge is 0.0841 e. The van der Waals surface area contributed by atoms with Crippen LogP contribution in [0.1, 0.15) is 19.8 Å². The lowest BCUT2D eigenvalue weighted by atomic mass is 9.87. The van der Waals surface area contributed by atoms with Gasteiger partial charge in [-0.05, 0) is 18.8 Å². The molecular weight excluding hydrogens is 132 g/mol. The molecule has 2 rings (SSSR count). The van der Waals surface area contributed by atoms with Crippen LogP contribution in [0, 0.1) is 11.8 Å². The molecule has 0 aromatic rings. The van der Waals surface area contributed by atoms with Crippen molar-refractivity contribution in [1.82, 2.24) is 0 Å². The number of rotatable bonds is 1. The third-order valence-corrected chi connectivity index (χ3v) is 2.74. The average molecular weight is 146 g/mol. The van der Waals surface area contributed by atoms with E-state index in [9.17, 15) is 0 Å². The molecule has 0 aliphatic heterocycles. The Bertz CT molecular complexity index is 230. The summed E-state index contributed by atoms with van der Waals surface area (Å²) in [6.07, 6.45) is 13.9. The standard InChI is InChI=1S/C11H14/c1-2-9-7-8-10-5-3-4-6-11(9)10/h3-7,10-11H,2,8H2,1H3.